The van der Waals surface area contributed by atoms with E-state index in [1.54, 1.807) is 19.5 Å². The van der Waals surface area contributed by atoms with Gasteiger partial charge < -0.3 is 15.0 Å². The number of para-hydroxylation sites is 1. The molecule has 5 rings (SSSR count). The highest BCUT2D eigenvalue weighted by atomic mass is 16.5. The molecule has 0 bridgehead atoms. The number of methoxy groups -OCH3 is 1. The molecule has 1 aliphatic heterocycles. The van der Waals surface area contributed by atoms with Crippen LogP contribution in [0.2, 0.25) is 0 Å². The van der Waals surface area contributed by atoms with Crippen LogP contribution in [0.3, 0.4) is 0 Å². The highest BCUT2D eigenvalue weighted by Crippen LogP contribution is 2.23. The predicted octanol–water partition coefficient (Wildman–Crippen LogP) is 3.57. The number of hydrogen-bond acceptors (Lipinski definition) is 7. The van der Waals surface area contributed by atoms with Crippen LogP contribution >= 0.6 is 0 Å². The molecule has 1 N–H and O–H groups in total. The molecule has 4 heterocycles. The summed E-state index contributed by atoms with van der Waals surface area (Å²) in [5.74, 6) is 2.15. The summed E-state index contributed by atoms with van der Waals surface area (Å²) in [6.45, 7) is 1.78. The van der Waals surface area contributed by atoms with Gasteiger partial charge in [0, 0.05) is 38.1 Å². The van der Waals surface area contributed by atoms with Gasteiger partial charge in [-0.2, -0.15) is 4.98 Å². The number of nitrogens with one attached hydrogen (secondary N) is 1. The van der Waals surface area contributed by atoms with E-state index < -0.39 is 0 Å². The van der Waals surface area contributed by atoms with Crippen molar-refractivity contribution in [1.82, 2.24) is 24.5 Å². The van der Waals surface area contributed by atoms with Crippen LogP contribution in [0.1, 0.15) is 12.8 Å². The number of piperidine rings is 1. The van der Waals surface area contributed by atoms with Crippen molar-refractivity contribution in [3.05, 3.63) is 61.2 Å². The zero-order valence-corrected chi connectivity index (χ0v) is 16.8. The second-order valence-corrected chi connectivity index (χ2v) is 7.30. The van der Waals surface area contributed by atoms with Crippen LogP contribution < -0.4 is 10.2 Å². The molecule has 30 heavy (non-hydrogen) atoms. The third kappa shape index (κ3) is 3.69. The van der Waals surface area contributed by atoms with Gasteiger partial charge in [0.1, 0.15) is 23.5 Å². The van der Waals surface area contributed by atoms with E-state index in [1.807, 2.05) is 41.2 Å². The number of rotatable bonds is 5. The standard InChI is InChI=1S/C22H23N7O/c1-30-17-8-11-28(12-9-17)22-23-10-7-20(27-22)26-21-13-19-18(14-24-21)25-15-29(19)16-5-3-2-4-6-16/h2-7,10,13-15,17H,8-9,11-12H2,1H3,(H,23,24,26,27). The highest BCUT2D eigenvalue weighted by Gasteiger charge is 2.20. The molecule has 1 fully saturated rings. The van der Waals surface area contributed by atoms with E-state index in [-0.39, 0.29) is 0 Å². The van der Waals surface area contributed by atoms with Gasteiger partial charge in [0.15, 0.2) is 0 Å². The van der Waals surface area contributed by atoms with E-state index >= 15 is 0 Å². The molecule has 152 valence electrons. The number of pyridine rings is 1. The zero-order valence-electron chi connectivity index (χ0n) is 16.8. The Kier molecular flexibility index (Phi) is 4.98. The Morgan fingerprint density at radius 2 is 1.83 bits per heavy atom. The van der Waals surface area contributed by atoms with Gasteiger partial charge in [-0.25, -0.2) is 15.0 Å². The lowest BCUT2D eigenvalue weighted by Crippen LogP contribution is -2.37. The summed E-state index contributed by atoms with van der Waals surface area (Å²) in [5.41, 5.74) is 2.88. The number of hydrogen-bond donors (Lipinski definition) is 1. The molecule has 8 nitrogen and oxygen atoms in total. The summed E-state index contributed by atoms with van der Waals surface area (Å²) in [5, 5.41) is 3.31. The molecule has 1 aromatic carbocycles. The topological polar surface area (TPSA) is 81.0 Å². The third-order valence-electron chi connectivity index (χ3n) is 5.43. The first kappa shape index (κ1) is 18.5. The van der Waals surface area contributed by atoms with E-state index in [0.717, 1.165) is 48.6 Å². The molecule has 1 aliphatic rings. The number of nitrogens with zero attached hydrogens (tertiary/aromatic N) is 6. The molecular weight excluding hydrogens is 378 g/mol. The summed E-state index contributed by atoms with van der Waals surface area (Å²) in [4.78, 5) is 20.3. The van der Waals surface area contributed by atoms with E-state index in [9.17, 15) is 0 Å². The number of ether oxygens (including phenoxy) is 1. The number of aromatic nitrogens is 5. The van der Waals surface area contributed by atoms with Crippen LogP contribution in [0.4, 0.5) is 17.6 Å². The molecule has 0 aliphatic carbocycles. The molecule has 1 saturated heterocycles. The average Bonchev–Trinajstić information content (AvgIpc) is 3.23. The second kappa shape index (κ2) is 8.08. The van der Waals surface area contributed by atoms with Gasteiger partial charge in [-0.05, 0) is 31.0 Å². The minimum absolute atomic E-state index is 0.327. The number of fused-ring (bicyclic) bond motifs is 1. The molecule has 0 atom stereocenters. The van der Waals surface area contributed by atoms with Gasteiger partial charge in [-0.3, -0.25) is 4.57 Å². The fourth-order valence-electron chi connectivity index (χ4n) is 3.77. The quantitative estimate of drug-likeness (QED) is 0.547. The summed E-state index contributed by atoms with van der Waals surface area (Å²) >= 11 is 0. The van der Waals surface area contributed by atoms with Gasteiger partial charge >= 0.3 is 0 Å². The normalized spacial score (nSPS) is 14.9. The van der Waals surface area contributed by atoms with Gasteiger partial charge in [-0.1, -0.05) is 18.2 Å². The molecule has 3 aromatic heterocycles. The minimum atomic E-state index is 0.327. The van der Waals surface area contributed by atoms with Crippen LogP contribution in [0.25, 0.3) is 16.7 Å². The molecule has 8 heteroatoms. The van der Waals surface area contributed by atoms with Crippen molar-refractivity contribution in [1.29, 1.82) is 0 Å². The summed E-state index contributed by atoms with van der Waals surface area (Å²) < 4.78 is 7.50. The van der Waals surface area contributed by atoms with E-state index in [1.165, 1.54) is 0 Å². The fraction of sp³-hybridized carbons (Fsp3) is 0.273. The maximum absolute atomic E-state index is 5.45. The average molecular weight is 401 g/mol. The molecule has 0 unspecified atom stereocenters. The summed E-state index contributed by atoms with van der Waals surface area (Å²) in [7, 11) is 1.77. The molecule has 0 radical (unpaired) electrons. The third-order valence-corrected chi connectivity index (χ3v) is 5.43. The van der Waals surface area contributed by atoms with Crippen molar-refractivity contribution in [2.45, 2.75) is 18.9 Å². The first-order valence-corrected chi connectivity index (χ1v) is 10.1. The van der Waals surface area contributed by atoms with Gasteiger partial charge in [-0.15, -0.1) is 0 Å². The summed E-state index contributed by atoms with van der Waals surface area (Å²) in [6, 6.07) is 14.0. The fourth-order valence-corrected chi connectivity index (χ4v) is 3.77. The maximum atomic E-state index is 5.45. The molecule has 0 saturated carbocycles. The molecule has 0 spiro atoms. The van der Waals surface area contributed by atoms with Crippen LogP contribution in [0, 0.1) is 0 Å². The van der Waals surface area contributed by atoms with Crippen LogP contribution in [-0.4, -0.2) is 50.8 Å². The number of anilines is 3. The predicted molar refractivity (Wildman–Crippen MR) is 116 cm³/mol. The Hall–Kier alpha value is -3.52. The molecule has 0 amide bonds. The van der Waals surface area contributed by atoms with Crippen LogP contribution in [-0.2, 0) is 4.74 Å². The van der Waals surface area contributed by atoms with Crippen LogP contribution in [0.15, 0.2) is 61.2 Å². The van der Waals surface area contributed by atoms with Crippen molar-refractivity contribution in [3.8, 4) is 5.69 Å². The first-order valence-electron chi connectivity index (χ1n) is 10.1. The number of imidazole rings is 1. The van der Waals surface area contributed by atoms with Crippen molar-refractivity contribution in [2.75, 3.05) is 30.4 Å². The van der Waals surface area contributed by atoms with E-state index in [4.69, 9.17) is 9.72 Å². The Bertz CT molecular complexity index is 1140. The minimum Gasteiger partial charge on any atom is -0.381 e. The van der Waals surface area contributed by atoms with E-state index in [0.29, 0.717) is 17.7 Å². The Balaban J connectivity index is 1.38. The number of benzene rings is 1. The molecule has 4 aromatic rings. The van der Waals surface area contributed by atoms with Crippen molar-refractivity contribution in [2.24, 2.45) is 0 Å². The lowest BCUT2D eigenvalue weighted by molar-refractivity contribution is 0.0816. The van der Waals surface area contributed by atoms with Gasteiger partial charge in [0.05, 0.1) is 17.8 Å². The largest absolute Gasteiger partial charge is 0.381 e. The van der Waals surface area contributed by atoms with Crippen molar-refractivity contribution >= 4 is 28.6 Å². The van der Waals surface area contributed by atoms with E-state index in [2.05, 4.69) is 37.3 Å². The first-order chi connectivity index (χ1) is 14.8. The maximum Gasteiger partial charge on any atom is 0.227 e. The zero-order chi connectivity index (χ0) is 20.3. The monoisotopic (exact) mass is 401 g/mol. The van der Waals surface area contributed by atoms with Crippen molar-refractivity contribution < 1.29 is 4.74 Å². The Morgan fingerprint density at radius 3 is 2.63 bits per heavy atom. The molecular formula is C22H23N7O. The van der Waals surface area contributed by atoms with Gasteiger partial charge in [0.2, 0.25) is 5.95 Å². The summed E-state index contributed by atoms with van der Waals surface area (Å²) in [6.07, 6.45) is 7.66. The highest BCUT2D eigenvalue weighted by molar-refractivity contribution is 5.80. The van der Waals surface area contributed by atoms with Crippen molar-refractivity contribution in [3.63, 3.8) is 0 Å². The lowest BCUT2D eigenvalue weighted by atomic mass is 10.1. The lowest BCUT2D eigenvalue weighted by Gasteiger charge is -2.31. The SMILES string of the molecule is COC1CCN(c2nccc(Nc3cc4c(cn3)ncn4-c3ccccc3)n2)CC1. The van der Waals surface area contributed by atoms with Gasteiger partial charge in [0.25, 0.3) is 0 Å². The smallest absolute Gasteiger partial charge is 0.227 e. The van der Waals surface area contributed by atoms with Crippen LogP contribution in [0.5, 0.6) is 0 Å². The second-order valence-electron chi connectivity index (χ2n) is 7.30. The Morgan fingerprint density at radius 1 is 1.00 bits per heavy atom. The Labute approximate surface area is 174 Å².